The van der Waals surface area contributed by atoms with Gasteiger partial charge in [-0.3, -0.25) is 4.90 Å². The Labute approximate surface area is 191 Å². The average Bonchev–Trinajstić information content (AvgIpc) is 3.60. The maximum atomic E-state index is 6.10. The van der Waals surface area contributed by atoms with Gasteiger partial charge in [-0.2, -0.15) is 0 Å². The summed E-state index contributed by atoms with van der Waals surface area (Å²) >= 11 is 0. The smallest absolute Gasteiger partial charge is 0.253 e. The fourth-order valence-electron chi connectivity index (χ4n) is 4.67. The lowest BCUT2D eigenvalue weighted by Crippen LogP contribution is -2.23. The van der Waals surface area contributed by atoms with Crippen LogP contribution in [0.4, 0.5) is 0 Å². The highest BCUT2D eigenvalue weighted by molar-refractivity contribution is 5.77. The zero-order valence-electron chi connectivity index (χ0n) is 18.4. The fraction of sp³-hybridized carbons (Fsp3) is 0.320. The Kier molecular flexibility index (Phi) is 5.07. The molecule has 0 amide bonds. The van der Waals surface area contributed by atoms with Gasteiger partial charge in [-0.05, 0) is 44.0 Å². The number of hydrogen-bond acceptors (Lipinski definition) is 8. The number of ether oxygens (including phenoxy) is 2. The maximum absolute atomic E-state index is 6.10. The van der Waals surface area contributed by atoms with Gasteiger partial charge in [0.05, 0.1) is 6.54 Å². The Bertz CT molecular complexity index is 1270. The second-order valence-electron chi connectivity index (χ2n) is 8.36. The van der Waals surface area contributed by atoms with Crippen molar-refractivity contribution in [2.45, 2.75) is 32.4 Å². The van der Waals surface area contributed by atoms with Crippen molar-refractivity contribution in [3.63, 3.8) is 0 Å². The summed E-state index contributed by atoms with van der Waals surface area (Å²) in [5, 5.41) is 12.9. The molecule has 33 heavy (non-hydrogen) atoms. The molecule has 4 heterocycles. The monoisotopic (exact) mass is 444 g/mol. The third-order valence-electron chi connectivity index (χ3n) is 6.24. The molecule has 8 heteroatoms. The normalized spacial score (nSPS) is 18.0. The zero-order chi connectivity index (χ0) is 22.2. The van der Waals surface area contributed by atoms with E-state index in [1.807, 2.05) is 43.3 Å². The van der Waals surface area contributed by atoms with Crippen molar-refractivity contribution >= 4 is 0 Å². The van der Waals surface area contributed by atoms with Crippen molar-refractivity contribution in [1.82, 2.24) is 20.3 Å². The van der Waals surface area contributed by atoms with Gasteiger partial charge in [0.25, 0.3) is 5.89 Å². The van der Waals surface area contributed by atoms with Crippen LogP contribution in [0.5, 0.6) is 11.5 Å². The predicted octanol–water partition coefficient (Wildman–Crippen LogP) is 4.81. The van der Waals surface area contributed by atoms with E-state index in [1.54, 1.807) is 0 Å². The highest BCUT2D eigenvalue weighted by atomic mass is 16.6. The highest BCUT2D eigenvalue weighted by Gasteiger charge is 2.29. The van der Waals surface area contributed by atoms with Crippen molar-refractivity contribution in [3.8, 4) is 34.2 Å². The van der Waals surface area contributed by atoms with Gasteiger partial charge in [0.2, 0.25) is 5.89 Å². The van der Waals surface area contributed by atoms with E-state index < -0.39 is 0 Å². The highest BCUT2D eigenvalue weighted by Crippen LogP contribution is 2.39. The summed E-state index contributed by atoms with van der Waals surface area (Å²) in [6.07, 6.45) is 2.19. The summed E-state index contributed by atoms with van der Waals surface area (Å²) in [6, 6.07) is 16.4. The molecular formula is C25H24N4O4. The van der Waals surface area contributed by atoms with Crippen LogP contribution < -0.4 is 9.47 Å². The van der Waals surface area contributed by atoms with Gasteiger partial charge < -0.3 is 18.4 Å². The molecule has 2 aromatic heterocycles. The van der Waals surface area contributed by atoms with Crippen LogP contribution in [0, 0.1) is 6.92 Å². The lowest BCUT2D eigenvalue weighted by molar-refractivity contribution is 0.170. The minimum atomic E-state index is 0.272. The van der Waals surface area contributed by atoms with E-state index in [4.69, 9.17) is 18.4 Å². The maximum Gasteiger partial charge on any atom is 0.253 e. The Morgan fingerprint density at radius 3 is 2.73 bits per heavy atom. The number of nitrogens with zero attached hydrogens (tertiary/aromatic N) is 4. The molecule has 168 valence electrons. The number of fused-ring (bicyclic) bond motifs is 1. The number of likely N-dealkylation sites (tertiary alicyclic amines) is 1. The molecule has 0 aliphatic carbocycles. The molecule has 8 nitrogen and oxygen atoms in total. The number of aryl methyl sites for hydroxylation is 1. The molecular weight excluding hydrogens is 420 g/mol. The largest absolute Gasteiger partial charge is 0.486 e. The first-order valence-electron chi connectivity index (χ1n) is 11.2. The predicted molar refractivity (Wildman–Crippen MR) is 120 cm³/mol. The summed E-state index contributed by atoms with van der Waals surface area (Å²) < 4.78 is 23.0. The second kappa shape index (κ2) is 8.37. The SMILES string of the molecule is Cc1onc(-c2ccccc2)c1-c1nnc(CN2CCC[C@H]2c2ccc3c(c2)OCCO3)o1. The average molecular weight is 444 g/mol. The molecule has 6 rings (SSSR count). The van der Waals surface area contributed by atoms with Gasteiger partial charge >= 0.3 is 0 Å². The van der Waals surface area contributed by atoms with Crippen LogP contribution in [-0.4, -0.2) is 40.0 Å². The standard InChI is InChI=1S/C25H24N4O4/c1-16-23(24(28-33-16)17-6-3-2-4-7-17)25-27-26-22(32-25)15-29-11-5-8-19(29)18-9-10-20-21(14-18)31-13-12-30-20/h2-4,6-7,9-10,14,19H,5,8,11-13,15H2,1H3/t19-/m0/s1. The Morgan fingerprint density at radius 2 is 1.85 bits per heavy atom. The summed E-state index contributed by atoms with van der Waals surface area (Å²) in [5.74, 6) is 3.29. The van der Waals surface area contributed by atoms with Crippen molar-refractivity contribution < 1.29 is 18.4 Å². The molecule has 2 aromatic carbocycles. The first kappa shape index (κ1) is 20.0. The van der Waals surface area contributed by atoms with E-state index in [2.05, 4.69) is 32.4 Å². The topological polar surface area (TPSA) is 86.7 Å². The summed E-state index contributed by atoms with van der Waals surface area (Å²) in [4.78, 5) is 2.38. The molecule has 0 N–H and O–H groups in total. The summed E-state index contributed by atoms with van der Waals surface area (Å²) in [6.45, 7) is 4.59. The molecule has 0 unspecified atom stereocenters. The molecule has 1 fully saturated rings. The molecule has 0 bridgehead atoms. The third kappa shape index (κ3) is 3.76. The summed E-state index contributed by atoms with van der Waals surface area (Å²) in [5.41, 5.74) is 3.61. The van der Waals surface area contributed by atoms with E-state index in [0.29, 0.717) is 43.0 Å². The molecule has 2 aliphatic rings. The van der Waals surface area contributed by atoms with E-state index in [0.717, 1.165) is 42.0 Å². The lowest BCUT2D eigenvalue weighted by Gasteiger charge is -2.25. The second-order valence-corrected chi connectivity index (χ2v) is 8.36. The molecule has 1 atom stereocenters. The van der Waals surface area contributed by atoms with Gasteiger partial charge in [-0.1, -0.05) is 41.6 Å². The van der Waals surface area contributed by atoms with Crippen LogP contribution >= 0.6 is 0 Å². The molecule has 1 saturated heterocycles. The van der Waals surface area contributed by atoms with Gasteiger partial charge in [-0.15, -0.1) is 10.2 Å². The van der Waals surface area contributed by atoms with Crippen LogP contribution in [0.15, 0.2) is 57.5 Å². The fourth-order valence-corrected chi connectivity index (χ4v) is 4.67. The van der Waals surface area contributed by atoms with Crippen LogP contribution in [0.1, 0.15) is 36.1 Å². The van der Waals surface area contributed by atoms with Crippen LogP contribution in [0.25, 0.3) is 22.7 Å². The van der Waals surface area contributed by atoms with Crippen molar-refractivity contribution in [3.05, 3.63) is 65.7 Å². The Balaban J connectivity index is 1.24. The first-order chi connectivity index (χ1) is 16.3. The van der Waals surface area contributed by atoms with E-state index >= 15 is 0 Å². The number of benzene rings is 2. The minimum absolute atomic E-state index is 0.272. The van der Waals surface area contributed by atoms with Gasteiger partial charge in [0, 0.05) is 11.6 Å². The minimum Gasteiger partial charge on any atom is -0.486 e. The molecule has 0 saturated carbocycles. The van der Waals surface area contributed by atoms with Crippen molar-refractivity contribution in [2.75, 3.05) is 19.8 Å². The van der Waals surface area contributed by atoms with E-state index in [9.17, 15) is 0 Å². The number of aromatic nitrogens is 3. The van der Waals surface area contributed by atoms with Gasteiger partial charge in [-0.25, -0.2) is 0 Å². The first-order valence-corrected chi connectivity index (χ1v) is 11.2. The van der Waals surface area contributed by atoms with E-state index in [-0.39, 0.29) is 6.04 Å². The quantitative estimate of drug-likeness (QED) is 0.434. The van der Waals surface area contributed by atoms with E-state index in [1.165, 1.54) is 5.56 Å². The Hall–Kier alpha value is -3.65. The van der Waals surface area contributed by atoms with Crippen LogP contribution in [0.2, 0.25) is 0 Å². The Morgan fingerprint density at radius 1 is 1.00 bits per heavy atom. The molecule has 0 radical (unpaired) electrons. The van der Waals surface area contributed by atoms with Gasteiger partial charge in [0.1, 0.15) is 30.2 Å². The lowest BCUT2D eigenvalue weighted by atomic mass is 10.0. The number of hydrogen-bond donors (Lipinski definition) is 0. The summed E-state index contributed by atoms with van der Waals surface area (Å²) in [7, 11) is 0. The molecule has 4 aromatic rings. The number of rotatable bonds is 5. The van der Waals surface area contributed by atoms with Gasteiger partial charge in [0.15, 0.2) is 11.5 Å². The van der Waals surface area contributed by atoms with Crippen molar-refractivity contribution in [2.24, 2.45) is 0 Å². The zero-order valence-corrected chi connectivity index (χ0v) is 18.4. The molecule has 0 spiro atoms. The van der Waals surface area contributed by atoms with Crippen molar-refractivity contribution in [1.29, 1.82) is 0 Å². The molecule has 2 aliphatic heterocycles. The third-order valence-corrected chi connectivity index (χ3v) is 6.24. The van der Waals surface area contributed by atoms with Crippen LogP contribution in [-0.2, 0) is 6.54 Å². The van der Waals surface area contributed by atoms with Crippen LogP contribution in [0.3, 0.4) is 0 Å².